The number of aromatic nitrogens is 1. The fraction of sp³-hybridized carbons (Fsp3) is 0.474. The van der Waals surface area contributed by atoms with E-state index in [0.717, 1.165) is 11.3 Å². The molecule has 0 saturated carbocycles. The summed E-state index contributed by atoms with van der Waals surface area (Å²) in [5.41, 5.74) is 2.18. The lowest BCUT2D eigenvalue weighted by Gasteiger charge is -2.25. The minimum Gasteiger partial charge on any atom is -0.353 e. The van der Waals surface area contributed by atoms with Crippen LogP contribution in [0.15, 0.2) is 47.5 Å². The van der Waals surface area contributed by atoms with Gasteiger partial charge in [-0.05, 0) is 49.3 Å². The van der Waals surface area contributed by atoms with Gasteiger partial charge in [0, 0.05) is 25.5 Å². The van der Waals surface area contributed by atoms with E-state index in [1.165, 1.54) is 0 Å². The Labute approximate surface area is 151 Å². The molecular weight excluding hydrogens is 334 g/mol. The Morgan fingerprint density at radius 3 is 2.16 bits per heavy atom. The van der Waals surface area contributed by atoms with E-state index < -0.39 is 10.0 Å². The quantitative estimate of drug-likeness (QED) is 0.859. The number of rotatable bonds is 6. The molecule has 25 heavy (non-hydrogen) atoms. The molecule has 2 rings (SSSR count). The van der Waals surface area contributed by atoms with Gasteiger partial charge in [0.15, 0.2) is 0 Å². The SMILES string of the molecule is CN(C)C(CNS(=O)(=O)c1ccc(C(C)(C)C)cc1)c1cccn1C. The van der Waals surface area contributed by atoms with Crippen molar-refractivity contribution < 1.29 is 8.42 Å². The molecule has 1 heterocycles. The molecule has 6 heteroatoms. The predicted molar refractivity (Wildman–Crippen MR) is 102 cm³/mol. The van der Waals surface area contributed by atoms with Gasteiger partial charge in [-0.2, -0.15) is 0 Å². The van der Waals surface area contributed by atoms with Gasteiger partial charge in [-0.3, -0.25) is 4.90 Å². The first-order valence-corrected chi connectivity index (χ1v) is 9.88. The van der Waals surface area contributed by atoms with Crippen molar-refractivity contribution >= 4 is 10.0 Å². The van der Waals surface area contributed by atoms with Crippen LogP contribution >= 0.6 is 0 Å². The second kappa shape index (κ2) is 7.32. The molecule has 0 radical (unpaired) electrons. The fourth-order valence-corrected chi connectivity index (χ4v) is 3.82. The summed E-state index contributed by atoms with van der Waals surface area (Å²) in [4.78, 5) is 2.31. The maximum atomic E-state index is 12.6. The van der Waals surface area contributed by atoms with Crippen LogP contribution in [-0.4, -0.2) is 38.5 Å². The largest absolute Gasteiger partial charge is 0.353 e. The summed E-state index contributed by atoms with van der Waals surface area (Å²) in [6, 6.07) is 11.1. The second-order valence-corrected chi connectivity index (χ2v) is 9.42. The van der Waals surface area contributed by atoms with E-state index >= 15 is 0 Å². The van der Waals surface area contributed by atoms with Gasteiger partial charge in [0.1, 0.15) is 0 Å². The van der Waals surface area contributed by atoms with Crippen LogP contribution in [0.25, 0.3) is 0 Å². The highest BCUT2D eigenvalue weighted by atomic mass is 32.2. The van der Waals surface area contributed by atoms with Gasteiger partial charge in [-0.15, -0.1) is 0 Å². The number of nitrogens with zero attached hydrogens (tertiary/aromatic N) is 2. The number of aryl methyl sites for hydroxylation is 1. The zero-order valence-corrected chi connectivity index (χ0v) is 16.8. The molecule has 0 aliphatic carbocycles. The third-order valence-electron chi connectivity index (χ3n) is 4.45. The van der Waals surface area contributed by atoms with Crippen LogP contribution in [0.1, 0.15) is 38.1 Å². The highest BCUT2D eigenvalue weighted by Gasteiger charge is 2.22. The lowest BCUT2D eigenvalue weighted by molar-refractivity contribution is 0.289. The lowest BCUT2D eigenvalue weighted by Crippen LogP contribution is -2.35. The van der Waals surface area contributed by atoms with Gasteiger partial charge in [-0.25, -0.2) is 13.1 Å². The van der Waals surface area contributed by atoms with Crippen molar-refractivity contribution in [2.75, 3.05) is 20.6 Å². The Morgan fingerprint density at radius 1 is 1.12 bits per heavy atom. The van der Waals surface area contributed by atoms with E-state index in [2.05, 4.69) is 25.5 Å². The molecule has 1 atom stereocenters. The summed E-state index contributed by atoms with van der Waals surface area (Å²) in [6.45, 7) is 6.64. The maximum absolute atomic E-state index is 12.6. The Bertz CT molecular complexity index is 800. The maximum Gasteiger partial charge on any atom is 0.240 e. The van der Waals surface area contributed by atoms with Crippen LogP contribution in [0.5, 0.6) is 0 Å². The number of hydrogen-bond acceptors (Lipinski definition) is 3. The zero-order chi connectivity index (χ0) is 18.8. The van der Waals surface area contributed by atoms with E-state index in [-0.39, 0.29) is 11.5 Å². The summed E-state index contributed by atoms with van der Waals surface area (Å²) in [5.74, 6) is 0. The summed E-state index contributed by atoms with van der Waals surface area (Å²) >= 11 is 0. The summed E-state index contributed by atoms with van der Waals surface area (Å²) < 4.78 is 30.0. The molecule has 0 aliphatic heterocycles. The molecule has 2 aromatic rings. The first-order valence-electron chi connectivity index (χ1n) is 8.40. The van der Waals surface area contributed by atoms with Crippen molar-refractivity contribution in [3.63, 3.8) is 0 Å². The van der Waals surface area contributed by atoms with Crippen LogP contribution in [-0.2, 0) is 22.5 Å². The third-order valence-corrected chi connectivity index (χ3v) is 5.89. The van der Waals surface area contributed by atoms with Gasteiger partial charge in [0.25, 0.3) is 0 Å². The molecule has 138 valence electrons. The van der Waals surface area contributed by atoms with Gasteiger partial charge in [0.2, 0.25) is 10.0 Å². The van der Waals surface area contributed by atoms with E-state index in [9.17, 15) is 8.42 Å². The number of likely N-dealkylation sites (N-methyl/N-ethyl adjacent to an activating group) is 1. The molecule has 0 saturated heterocycles. The average molecular weight is 364 g/mol. The van der Waals surface area contributed by atoms with Gasteiger partial charge >= 0.3 is 0 Å². The molecule has 1 unspecified atom stereocenters. The lowest BCUT2D eigenvalue weighted by atomic mass is 9.87. The van der Waals surface area contributed by atoms with Crippen LogP contribution in [0, 0.1) is 0 Å². The smallest absolute Gasteiger partial charge is 0.240 e. The first kappa shape index (κ1) is 19.7. The van der Waals surface area contributed by atoms with Crippen LogP contribution < -0.4 is 4.72 Å². The molecule has 1 N–H and O–H groups in total. The van der Waals surface area contributed by atoms with E-state index in [4.69, 9.17) is 0 Å². The average Bonchev–Trinajstić information content (AvgIpc) is 2.92. The topological polar surface area (TPSA) is 54.3 Å². The summed E-state index contributed by atoms with van der Waals surface area (Å²) in [6.07, 6.45) is 1.96. The van der Waals surface area contributed by atoms with Crippen molar-refractivity contribution in [2.24, 2.45) is 7.05 Å². The Balaban J connectivity index is 2.16. The van der Waals surface area contributed by atoms with Crippen molar-refractivity contribution in [1.82, 2.24) is 14.2 Å². The highest BCUT2D eigenvalue weighted by Crippen LogP contribution is 2.24. The van der Waals surface area contributed by atoms with Crippen LogP contribution in [0.4, 0.5) is 0 Å². The van der Waals surface area contributed by atoms with Gasteiger partial charge < -0.3 is 4.57 Å². The molecule has 0 aliphatic rings. The minimum absolute atomic E-state index is 0.00171. The number of benzene rings is 1. The minimum atomic E-state index is -3.54. The van der Waals surface area contributed by atoms with E-state index in [1.54, 1.807) is 12.1 Å². The molecule has 5 nitrogen and oxygen atoms in total. The Morgan fingerprint density at radius 2 is 1.72 bits per heavy atom. The first-order chi connectivity index (χ1) is 11.5. The van der Waals surface area contributed by atoms with Crippen LogP contribution in [0.2, 0.25) is 0 Å². The van der Waals surface area contributed by atoms with Gasteiger partial charge in [-0.1, -0.05) is 32.9 Å². The number of nitrogens with one attached hydrogen (secondary N) is 1. The Hall–Kier alpha value is -1.63. The Kier molecular flexibility index (Phi) is 5.76. The molecule has 1 aromatic heterocycles. The molecule has 0 amide bonds. The van der Waals surface area contributed by atoms with Crippen LogP contribution in [0.3, 0.4) is 0 Å². The summed E-state index contributed by atoms with van der Waals surface area (Å²) in [7, 11) is 2.32. The zero-order valence-electron chi connectivity index (χ0n) is 15.9. The molecule has 0 fully saturated rings. The predicted octanol–water partition coefficient (Wildman–Crippen LogP) is 2.90. The molecular formula is C19H29N3O2S. The molecule has 0 spiro atoms. The van der Waals surface area contributed by atoms with Crippen molar-refractivity contribution in [3.05, 3.63) is 53.9 Å². The highest BCUT2D eigenvalue weighted by molar-refractivity contribution is 7.89. The molecule has 1 aromatic carbocycles. The normalized spacial score (nSPS) is 14.0. The number of hydrogen-bond donors (Lipinski definition) is 1. The van der Waals surface area contributed by atoms with Crippen molar-refractivity contribution in [3.8, 4) is 0 Å². The standard InChI is InChI=1S/C19H29N3O2S/c1-19(2,3)15-9-11-16(12-10-15)25(23,24)20-14-18(21(4)5)17-8-7-13-22(17)6/h7-13,18,20H,14H2,1-6H3. The summed E-state index contributed by atoms with van der Waals surface area (Å²) in [5, 5.41) is 0. The second-order valence-electron chi connectivity index (χ2n) is 7.65. The molecule has 0 bridgehead atoms. The van der Waals surface area contributed by atoms with E-state index in [0.29, 0.717) is 11.4 Å². The monoisotopic (exact) mass is 363 g/mol. The van der Waals surface area contributed by atoms with E-state index in [1.807, 2.05) is 61.1 Å². The van der Waals surface area contributed by atoms with Gasteiger partial charge in [0.05, 0.1) is 10.9 Å². The fourth-order valence-electron chi connectivity index (χ4n) is 2.78. The van der Waals surface area contributed by atoms with Crippen molar-refractivity contribution in [2.45, 2.75) is 37.1 Å². The van der Waals surface area contributed by atoms with Crippen molar-refractivity contribution in [1.29, 1.82) is 0 Å². The third kappa shape index (κ3) is 4.71. The number of sulfonamides is 1.